The Morgan fingerprint density at radius 1 is 1.60 bits per heavy atom. The van der Waals surface area contributed by atoms with E-state index in [2.05, 4.69) is 16.5 Å². The molecular weight excluding hydrogens is 222 g/mol. The number of imidazole rings is 1. The molecule has 0 radical (unpaired) electrons. The first kappa shape index (κ1) is 14.3. The molecule has 1 aromatic heterocycles. The average molecular weight is 238 g/mol. The zero-order valence-electron chi connectivity index (χ0n) is 8.80. The van der Waals surface area contributed by atoms with Crippen LogP contribution >= 0.6 is 7.91 Å². The minimum Gasteiger partial charge on any atom is -0.338 e. The van der Waals surface area contributed by atoms with Crippen LogP contribution in [0.3, 0.4) is 0 Å². The Labute approximate surface area is 88.2 Å². The highest BCUT2D eigenvalue weighted by atomic mass is 31.2. The van der Waals surface area contributed by atoms with Gasteiger partial charge in [0.15, 0.2) is 0 Å². The zero-order valence-corrected chi connectivity index (χ0v) is 9.69. The Balaban J connectivity index is 0.000000336. The molecule has 7 heteroatoms. The van der Waals surface area contributed by atoms with Crippen LogP contribution in [0.4, 0.5) is 4.20 Å². The van der Waals surface area contributed by atoms with Crippen LogP contribution in [0.25, 0.3) is 0 Å². The van der Waals surface area contributed by atoms with Crippen molar-refractivity contribution in [1.82, 2.24) is 9.55 Å². The normalized spacial score (nSPS) is 10.7. The van der Waals surface area contributed by atoms with Crippen molar-refractivity contribution in [2.75, 3.05) is 0 Å². The molecule has 0 spiro atoms. The molecule has 0 aliphatic carbocycles. The molecule has 0 aliphatic heterocycles. The van der Waals surface area contributed by atoms with Crippen molar-refractivity contribution in [3.05, 3.63) is 18.2 Å². The van der Waals surface area contributed by atoms with E-state index in [4.69, 9.17) is 14.4 Å². The van der Waals surface area contributed by atoms with Gasteiger partial charge in [-0.3, -0.25) is 9.79 Å². The van der Waals surface area contributed by atoms with Gasteiger partial charge in [-0.15, -0.1) is 4.20 Å². The average Bonchev–Trinajstić information content (AvgIpc) is 2.45. The second kappa shape index (κ2) is 6.71. The Morgan fingerprint density at radius 2 is 2.13 bits per heavy atom. The predicted octanol–water partition coefficient (Wildman–Crippen LogP) is 1.81. The third-order valence-corrected chi connectivity index (χ3v) is 1.67. The van der Waals surface area contributed by atoms with Crippen molar-refractivity contribution in [2.24, 2.45) is 7.05 Å². The van der Waals surface area contributed by atoms with Crippen LogP contribution in [0.1, 0.15) is 25.6 Å². The van der Waals surface area contributed by atoms with Gasteiger partial charge in [-0.25, -0.2) is 9.55 Å². The second-order valence-corrected chi connectivity index (χ2v) is 3.98. The van der Waals surface area contributed by atoms with E-state index in [0.29, 0.717) is 0 Å². The van der Waals surface area contributed by atoms with Gasteiger partial charge in [-0.1, -0.05) is 13.3 Å². The van der Waals surface area contributed by atoms with Crippen LogP contribution < -0.4 is 0 Å². The molecule has 15 heavy (non-hydrogen) atoms. The van der Waals surface area contributed by atoms with Gasteiger partial charge in [0.05, 0.1) is 0 Å². The number of halogens is 1. The van der Waals surface area contributed by atoms with E-state index >= 15 is 0 Å². The first-order valence-electron chi connectivity index (χ1n) is 4.56. The molecule has 0 saturated carbocycles. The first-order chi connectivity index (χ1) is 6.84. The van der Waals surface area contributed by atoms with Gasteiger partial charge >= 0.3 is 7.91 Å². The van der Waals surface area contributed by atoms with E-state index in [9.17, 15) is 4.20 Å². The van der Waals surface area contributed by atoms with E-state index in [1.54, 1.807) is 0 Å². The van der Waals surface area contributed by atoms with Crippen LogP contribution in [-0.4, -0.2) is 19.3 Å². The van der Waals surface area contributed by atoms with E-state index in [-0.39, 0.29) is 0 Å². The fraction of sp³-hybridized carbons (Fsp3) is 0.625. The summed E-state index contributed by atoms with van der Waals surface area (Å²) in [6, 6.07) is 0. The number of aromatic nitrogens is 2. The summed E-state index contributed by atoms with van der Waals surface area (Å²) in [7, 11) is -3.10. The largest absolute Gasteiger partial charge is 0.507 e. The summed E-state index contributed by atoms with van der Waals surface area (Å²) >= 11 is 0. The van der Waals surface area contributed by atoms with Gasteiger partial charge in [-0.05, 0) is 6.42 Å². The SMILES string of the molecule is CCCCc1nccn1C.O=P(O)(O)F. The lowest BCUT2D eigenvalue weighted by Crippen LogP contribution is -1.96. The molecule has 0 amide bonds. The molecule has 0 aromatic carbocycles. The van der Waals surface area contributed by atoms with Crippen molar-refractivity contribution in [2.45, 2.75) is 26.2 Å². The number of unbranched alkanes of at least 4 members (excludes halogenated alkanes) is 1. The molecule has 2 N–H and O–H groups in total. The summed E-state index contributed by atoms with van der Waals surface area (Å²) in [5.74, 6) is 1.20. The molecule has 0 bridgehead atoms. The fourth-order valence-corrected chi connectivity index (χ4v) is 0.972. The van der Waals surface area contributed by atoms with E-state index in [1.807, 2.05) is 19.4 Å². The summed E-state index contributed by atoms with van der Waals surface area (Å²) < 4.78 is 21.1. The topological polar surface area (TPSA) is 75.4 Å². The van der Waals surface area contributed by atoms with Crippen molar-refractivity contribution in [3.8, 4) is 0 Å². The second-order valence-electron chi connectivity index (χ2n) is 3.03. The number of aryl methyl sites for hydroxylation is 2. The van der Waals surface area contributed by atoms with Crippen LogP contribution in [0, 0.1) is 0 Å². The zero-order chi connectivity index (χ0) is 11.9. The van der Waals surface area contributed by atoms with Gasteiger partial charge in [0.25, 0.3) is 0 Å². The molecule has 0 saturated heterocycles. The van der Waals surface area contributed by atoms with Gasteiger partial charge in [0.2, 0.25) is 0 Å². The Morgan fingerprint density at radius 3 is 2.47 bits per heavy atom. The third-order valence-electron chi connectivity index (χ3n) is 1.67. The maximum atomic E-state index is 10.4. The van der Waals surface area contributed by atoms with Crippen molar-refractivity contribution in [3.63, 3.8) is 0 Å². The molecule has 88 valence electrons. The molecule has 1 rings (SSSR count). The standard InChI is InChI=1S/C8H14N2.FH2O3P/c1-3-4-5-8-9-6-7-10(8)2;1-5(2,3)4/h6-7H,3-5H2,1-2H3;(H2,2,3,4). The van der Waals surface area contributed by atoms with E-state index < -0.39 is 7.91 Å². The van der Waals surface area contributed by atoms with Crippen molar-refractivity contribution < 1.29 is 18.5 Å². The minimum atomic E-state index is -5.14. The maximum absolute atomic E-state index is 10.4. The number of hydrogen-bond acceptors (Lipinski definition) is 2. The predicted molar refractivity (Wildman–Crippen MR) is 55.0 cm³/mol. The Bertz CT molecular complexity index is 315. The monoisotopic (exact) mass is 238 g/mol. The van der Waals surface area contributed by atoms with Gasteiger partial charge in [-0.2, -0.15) is 0 Å². The lowest BCUT2D eigenvalue weighted by atomic mass is 10.2. The Hall–Kier alpha value is -0.710. The summed E-state index contributed by atoms with van der Waals surface area (Å²) in [6.45, 7) is 2.20. The fourth-order valence-electron chi connectivity index (χ4n) is 0.972. The van der Waals surface area contributed by atoms with Crippen molar-refractivity contribution in [1.29, 1.82) is 0 Å². The van der Waals surface area contributed by atoms with Gasteiger partial charge in [0.1, 0.15) is 5.82 Å². The smallest absolute Gasteiger partial charge is 0.338 e. The molecule has 0 aliphatic rings. The van der Waals surface area contributed by atoms with E-state index in [0.717, 1.165) is 6.42 Å². The molecule has 5 nitrogen and oxygen atoms in total. The van der Waals surface area contributed by atoms with Gasteiger partial charge < -0.3 is 4.57 Å². The highest BCUT2D eigenvalue weighted by Gasteiger charge is 2.04. The number of rotatable bonds is 3. The molecule has 0 atom stereocenters. The highest BCUT2D eigenvalue weighted by molar-refractivity contribution is 7.45. The quantitative estimate of drug-likeness (QED) is 0.787. The molecule has 0 unspecified atom stereocenters. The molecule has 1 aromatic rings. The number of nitrogens with zero attached hydrogens (tertiary/aromatic N) is 2. The molecule has 0 fully saturated rings. The lowest BCUT2D eigenvalue weighted by molar-refractivity contribution is 0.322. The summed E-state index contributed by atoms with van der Waals surface area (Å²) in [6.07, 6.45) is 7.44. The van der Waals surface area contributed by atoms with Crippen LogP contribution in [0.5, 0.6) is 0 Å². The third kappa shape index (κ3) is 9.59. The summed E-state index contributed by atoms with van der Waals surface area (Å²) in [5.41, 5.74) is 0. The van der Waals surface area contributed by atoms with Crippen LogP contribution in [0.2, 0.25) is 0 Å². The summed E-state index contributed by atoms with van der Waals surface area (Å²) in [4.78, 5) is 18.1. The van der Waals surface area contributed by atoms with E-state index in [1.165, 1.54) is 18.7 Å². The molecular formula is C8H16FN2O3P. The van der Waals surface area contributed by atoms with Crippen molar-refractivity contribution >= 4 is 7.91 Å². The maximum Gasteiger partial charge on any atom is 0.507 e. The highest BCUT2D eigenvalue weighted by Crippen LogP contribution is 2.34. The Kier molecular flexibility index (Phi) is 6.40. The van der Waals surface area contributed by atoms with Crippen LogP contribution in [0.15, 0.2) is 12.4 Å². The van der Waals surface area contributed by atoms with Gasteiger partial charge in [0, 0.05) is 25.9 Å². The number of hydrogen-bond donors (Lipinski definition) is 2. The van der Waals surface area contributed by atoms with Crippen LogP contribution in [-0.2, 0) is 18.0 Å². The summed E-state index contributed by atoms with van der Waals surface area (Å²) in [5, 5.41) is 0. The molecule has 1 heterocycles. The minimum absolute atomic E-state index is 1.11. The first-order valence-corrected chi connectivity index (χ1v) is 6.06. The lowest BCUT2D eigenvalue weighted by Gasteiger charge is -1.97.